The summed E-state index contributed by atoms with van der Waals surface area (Å²) in [5.41, 5.74) is 0. The average Bonchev–Trinajstić information content (AvgIpc) is 2.80. The van der Waals surface area contributed by atoms with E-state index < -0.39 is 0 Å². The van der Waals surface area contributed by atoms with Crippen molar-refractivity contribution >= 4 is 5.78 Å². The van der Waals surface area contributed by atoms with Gasteiger partial charge in [-0.2, -0.15) is 0 Å². The van der Waals surface area contributed by atoms with Crippen LogP contribution < -0.4 is 0 Å². The van der Waals surface area contributed by atoms with Crippen LogP contribution in [0.1, 0.15) is 66.2 Å². The first-order chi connectivity index (χ1) is 16.0. The summed E-state index contributed by atoms with van der Waals surface area (Å²) in [6, 6.07) is 0. The van der Waals surface area contributed by atoms with Gasteiger partial charge in [0.25, 0.3) is 0 Å². The Morgan fingerprint density at radius 3 is 1.48 bits per heavy atom. The highest BCUT2D eigenvalue weighted by Gasteiger charge is 2.14. The molecule has 2 unspecified atom stereocenters. The van der Waals surface area contributed by atoms with Crippen molar-refractivity contribution < 1.29 is 33.2 Å². The van der Waals surface area contributed by atoms with E-state index in [1.165, 1.54) is 19.3 Å². The van der Waals surface area contributed by atoms with Crippen LogP contribution in [0.15, 0.2) is 0 Å². The molecule has 33 heavy (non-hydrogen) atoms. The molecule has 0 aromatic carbocycles. The van der Waals surface area contributed by atoms with Crippen LogP contribution >= 0.6 is 0 Å². The molecule has 2 atom stereocenters. The Bertz CT molecular complexity index is 417. The first kappa shape index (κ1) is 32.4. The van der Waals surface area contributed by atoms with Crippen LogP contribution in [0.4, 0.5) is 0 Å². The minimum atomic E-state index is 0.133. The minimum absolute atomic E-state index is 0.133. The molecule has 0 spiro atoms. The van der Waals surface area contributed by atoms with Crippen molar-refractivity contribution in [1.82, 2.24) is 0 Å². The van der Waals surface area contributed by atoms with Crippen molar-refractivity contribution in [2.45, 2.75) is 66.2 Å². The lowest BCUT2D eigenvalue weighted by atomic mass is 9.87. The van der Waals surface area contributed by atoms with E-state index in [0.717, 1.165) is 24.7 Å². The summed E-state index contributed by atoms with van der Waals surface area (Å²) in [7, 11) is 1.65. The molecule has 0 N–H and O–H groups in total. The molecule has 0 heterocycles. The number of hydrogen-bond acceptors (Lipinski definition) is 7. The molecule has 0 radical (unpaired) electrons. The van der Waals surface area contributed by atoms with Crippen LogP contribution in [0.25, 0.3) is 0 Å². The number of ketones is 1. The van der Waals surface area contributed by atoms with E-state index in [4.69, 9.17) is 28.4 Å². The van der Waals surface area contributed by atoms with Gasteiger partial charge in [0, 0.05) is 19.4 Å². The molecular formula is C26H52O7. The third kappa shape index (κ3) is 21.7. The highest BCUT2D eigenvalue weighted by Crippen LogP contribution is 2.22. The Labute approximate surface area is 203 Å². The average molecular weight is 477 g/mol. The second kappa shape index (κ2) is 24.6. The predicted molar refractivity (Wildman–Crippen MR) is 132 cm³/mol. The molecule has 0 aliphatic heterocycles. The summed E-state index contributed by atoms with van der Waals surface area (Å²) in [4.78, 5) is 12.2. The Hall–Kier alpha value is -0.570. The molecule has 0 aromatic rings. The van der Waals surface area contributed by atoms with Crippen LogP contribution in [0.2, 0.25) is 0 Å². The van der Waals surface area contributed by atoms with Gasteiger partial charge in [0.15, 0.2) is 0 Å². The summed E-state index contributed by atoms with van der Waals surface area (Å²) in [5, 5.41) is 0. The zero-order chi connectivity index (χ0) is 24.6. The van der Waals surface area contributed by atoms with Gasteiger partial charge in [0.05, 0.1) is 72.7 Å². The van der Waals surface area contributed by atoms with Crippen molar-refractivity contribution in [3.05, 3.63) is 0 Å². The van der Waals surface area contributed by atoms with Gasteiger partial charge in [-0.1, -0.05) is 53.4 Å². The second-order valence-corrected chi connectivity index (χ2v) is 8.87. The third-order valence-corrected chi connectivity index (χ3v) is 5.89. The lowest BCUT2D eigenvalue weighted by Gasteiger charge is -2.19. The summed E-state index contributed by atoms with van der Waals surface area (Å²) in [6.07, 6.45) is 6.38. The number of Topliss-reactive ketones (excluding diaryl/α,β-unsaturated/α-hetero) is 1. The van der Waals surface area contributed by atoms with Crippen LogP contribution in [0.5, 0.6) is 0 Å². The van der Waals surface area contributed by atoms with Gasteiger partial charge in [-0.3, -0.25) is 4.79 Å². The molecule has 7 heteroatoms. The molecule has 0 bridgehead atoms. The van der Waals surface area contributed by atoms with Crippen molar-refractivity contribution in [1.29, 1.82) is 0 Å². The fraction of sp³-hybridized carbons (Fsp3) is 0.962. The summed E-state index contributed by atoms with van der Waals surface area (Å²) in [5.74, 6) is 2.01. The molecule has 0 aliphatic rings. The zero-order valence-electron chi connectivity index (χ0n) is 22.1. The van der Waals surface area contributed by atoms with Crippen molar-refractivity contribution in [2.24, 2.45) is 17.8 Å². The molecule has 0 aliphatic carbocycles. The molecule has 0 saturated carbocycles. The number of methoxy groups -OCH3 is 1. The van der Waals surface area contributed by atoms with E-state index in [2.05, 4.69) is 20.8 Å². The number of hydrogen-bond donors (Lipinski definition) is 0. The first-order valence-corrected chi connectivity index (χ1v) is 12.9. The zero-order valence-corrected chi connectivity index (χ0v) is 22.1. The van der Waals surface area contributed by atoms with Gasteiger partial charge in [0.1, 0.15) is 5.78 Å². The summed E-state index contributed by atoms with van der Waals surface area (Å²) in [6.45, 7) is 14.9. The van der Waals surface area contributed by atoms with Gasteiger partial charge in [-0.25, -0.2) is 0 Å². The molecule has 0 fully saturated rings. The quantitative estimate of drug-likeness (QED) is 0.170. The summed E-state index contributed by atoms with van der Waals surface area (Å²) < 4.78 is 32.0. The number of rotatable bonds is 26. The number of unbranched alkanes of at least 4 members (excludes halogenated alkanes) is 1. The Morgan fingerprint density at radius 1 is 0.636 bits per heavy atom. The maximum Gasteiger partial charge on any atom is 0.137 e. The Kier molecular flexibility index (Phi) is 24.1. The van der Waals surface area contributed by atoms with Crippen LogP contribution in [-0.4, -0.2) is 85.6 Å². The Morgan fingerprint density at radius 2 is 1.06 bits per heavy atom. The fourth-order valence-electron chi connectivity index (χ4n) is 3.57. The molecule has 0 saturated heterocycles. The molecule has 0 rings (SSSR count). The monoisotopic (exact) mass is 476 g/mol. The van der Waals surface area contributed by atoms with E-state index in [1.54, 1.807) is 7.11 Å². The van der Waals surface area contributed by atoms with Gasteiger partial charge in [-0.15, -0.1) is 0 Å². The maximum atomic E-state index is 12.2. The van der Waals surface area contributed by atoms with Crippen molar-refractivity contribution in [3.63, 3.8) is 0 Å². The van der Waals surface area contributed by atoms with Gasteiger partial charge >= 0.3 is 0 Å². The number of ether oxygens (including phenoxy) is 6. The van der Waals surface area contributed by atoms with E-state index in [1.807, 2.05) is 6.92 Å². The molecule has 0 amide bonds. The standard InChI is InChI=1S/C26H52O7/c1-6-25(23(2)3)10-8-7-9-24(4)26(27)11-12-29-15-16-31-19-20-33-22-21-32-18-17-30-14-13-28-5/h23-25H,6-22H2,1-5H3. The lowest BCUT2D eigenvalue weighted by molar-refractivity contribution is -0.123. The van der Waals surface area contributed by atoms with Gasteiger partial charge < -0.3 is 28.4 Å². The second-order valence-electron chi connectivity index (χ2n) is 8.87. The van der Waals surface area contributed by atoms with Crippen LogP contribution in [-0.2, 0) is 33.2 Å². The van der Waals surface area contributed by atoms with E-state index in [9.17, 15) is 4.79 Å². The SMILES string of the molecule is CCC(CCCCC(C)C(=O)CCOCCOCCOCCOCCOCCOC)C(C)C. The largest absolute Gasteiger partial charge is 0.382 e. The first-order valence-electron chi connectivity index (χ1n) is 12.9. The number of carbonyl (C=O) groups is 1. The van der Waals surface area contributed by atoms with E-state index >= 15 is 0 Å². The molecule has 7 nitrogen and oxygen atoms in total. The Balaban J connectivity index is 3.36. The lowest BCUT2D eigenvalue weighted by Crippen LogP contribution is -2.16. The normalized spacial score (nSPS) is 13.5. The number of carbonyl (C=O) groups excluding carboxylic acids is 1. The van der Waals surface area contributed by atoms with Crippen molar-refractivity contribution in [2.75, 3.05) is 79.8 Å². The van der Waals surface area contributed by atoms with Crippen molar-refractivity contribution in [3.8, 4) is 0 Å². The van der Waals surface area contributed by atoms with E-state index in [0.29, 0.717) is 84.9 Å². The van der Waals surface area contributed by atoms with Crippen LogP contribution in [0.3, 0.4) is 0 Å². The minimum Gasteiger partial charge on any atom is -0.382 e. The van der Waals surface area contributed by atoms with Gasteiger partial charge in [0.2, 0.25) is 0 Å². The molecule has 0 aromatic heterocycles. The third-order valence-electron chi connectivity index (χ3n) is 5.89. The fourth-order valence-corrected chi connectivity index (χ4v) is 3.57. The summed E-state index contributed by atoms with van der Waals surface area (Å²) >= 11 is 0. The highest BCUT2D eigenvalue weighted by atomic mass is 16.6. The van der Waals surface area contributed by atoms with Gasteiger partial charge in [-0.05, 0) is 18.3 Å². The smallest absolute Gasteiger partial charge is 0.137 e. The maximum absolute atomic E-state index is 12.2. The van der Waals surface area contributed by atoms with Crippen LogP contribution in [0, 0.1) is 17.8 Å². The topological polar surface area (TPSA) is 72.5 Å². The molecular weight excluding hydrogens is 424 g/mol. The highest BCUT2D eigenvalue weighted by molar-refractivity contribution is 5.80. The van der Waals surface area contributed by atoms with E-state index in [-0.39, 0.29) is 5.92 Å². The molecule has 198 valence electrons. The predicted octanol–water partition coefficient (Wildman–Crippen LogP) is 4.55.